The van der Waals surface area contributed by atoms with Crippen molar-refractivity contribution in [2.45, 2.75) is 50.3 Å². The molecule has 3 heterocycles. The monoisotopic (exact) mass is 523 g/mol. The van der Waals surface area contributed by atoms with Gasteiger partial charge in [0.2, 0.25) is 11.2 Å². The van der Waals surface area contributed by atoms with Crippen LogP contribution in [0.1, 0.15) is 60.3 Å². The summed E-state index contributed by atoms with van der Waals surface area (Å²) in [6.07, 6.45) is 2.24. The summed E-state index contributed by atoms with van der Waals surface area (Å²) in [5.74, 6) is -4.63. The van der Waals surface area contributed by atoms with Crippen LogP contribution in [0.5, 0.6) is 5.75 Å². The Morgan fingerprint density at radius 1 is 1.11 bits per heavy atom. The Labute approximate surface area is 217 Å². The minimum Gasteiger partial charge on any atom is -0.418 e. The fourth-order valence-corrected chi connectivity index (χ4v) is 5.31. The lowest BCUT2D eigenvalue weighted by atomic mass is 9.79. The fraction of sp³-hybridized carbons (Fsp3) is 0.357. The molecule has 1 aromatic heterocycles. The average molecular weight is 524 g/mol. The molecule has 3 aromatic rings. The minimum absolute atomic E-state index is 0.0907. The van der Waals surface area contributed by atoms with E-state index in [1.165, 1.54) is 37.8 Å². The number of amides is 1. The fourth-order valence-electron chi connectivity index (χ4n) is 5.31. The number of methoxy groups -OCH3 is 1. The molecule has 0 aliphatic carbocycles. The zero-order chi connectivity index (χ0) is 27.2. The van der Waals surface area contributed by atoms with E-state index in [0.717, 1.165) is 12.3 Å². The highest BCUT2D eigenvalue weighted by Crippen LogP contribution is 2.46. The Morgan fingerprint density at radius 2 is 1.84 bits per heavy atom. The second-order valence-corrected chi connectivity index (χ2v) is 9.97. The number of rotatable bonds is 6. The van der Waals surface area contributed by atoms with Crippen molar-refractivity contribution in [1.29, 1.82) is 0 Å². The number of esters is 1. The molecule has 198 valence electrons. The number of carbonyl (C=O) groups excluding carboxylic acids is 2. The highest BCUT2D eigenvalue weighted by atomic mass is 19.2. The van der Waals surface area contributed by atoms with Crippen molar-refractivity contribution in [3.63, 3.8) is 0 Å². The van der Waals surface area contributed by atoms with E-state index in [1.807, 2.05) is 6.07 Å². The van der Waals surface area contributed by atoms with Crippen molar-refractivity contribution in [1.82, 2.24) is 14.7 Å². The summed E-state index contributed by atoms with van der Waals surface area (Å²) in [7, 11) is 1.32. The second kappa shape index (κ2) is 9.75. The van der Waals surface area contributed by atoms with Crippen LogP contribution >= 0.6 is 0 Å². The maximum atomic E-state index is 15.4. The lowest BCUT2D eigenvalue weighted by Crippen LogP contribution is -2.51. The van der Waals surface area contributed by atoms with Gasteiger partial charge in [-0.15, -0.1) is 0 Å². The number of hydrogen-bond donors (Lipinski definition) is 0. The van der Waals surface area contributed by atoms with Gasteiger partial charge in [0.1, 0.15) is 0 Å². The number of ether oxygens (including phenoxy) is 2. The Bertz CT molecular complexity index is 1460. The summed E-state index contributed by atoms with van der Waals surface area (Å²) in [6.45, 7) is 3.34. The predicted molar refractivity (Wildman–Crippen MR) is 133 cm³/mol. The number of fused-ring (bicyclic) bond motifs is 2. The standard InChI is InChI=1S/C28H27F2N3O5/c1-28(2,37-3)27(36)38-25-20(34)15-31-33-23(19-13-8-14-32(19)26(35)24(25)33)21(16-9-5-4-6-10-16)17-11-7-12-18(29)22(17)30/h4-7,9-12,15,19,21,23H,8,13-14H2,1-3H3/t19-,21-,23-/m1/s1. The molecule has 1 saturated heterocycles. The van der Waals surface area contributed by atoms with E-state index in [2.05, 4.69) is 5.10 Å². The molecule has 3 atom stereocenters. The summed E-state index contributed by atoms with van der Waals surface area (Å²) in [5, 5.41) is 4.30. The van der Waals surface area contributed by atoms with Crippen molar-refractivity contribution < 1.29 is 27.8 Å². The van der Waals surface area contributed by atoms with Gasteiger partial charge in [0.15, 0.2) is 22.9 Å². The Kier molecular flexibility index (Phi) is 6.60. The van der Waals surface area contributed by atoms with Crippen molar-refractivity contribution in [3.05, 3.63) is 93.4 Å². The highest BCUT2D eigenvalue weighted by Gasteiger charge is 2.49. The molecule has 10 heteroatoms. The number of nitrogens with zero attached hydrogens (tertiary/aromatic N) is 3. The smallest absolute Gasteiger partial charge is 0.343 e. The third-order valence-electron chi connectivity index (χ3n) is 7.42. The summed E-state index contributed by atoms with van der Waals surface area (Å²) in [6, 6.07) is 11.8. The van der Waals surface area contributed by atoms with Gasteiger partial charge in [-0.25, -0.2) is 18.3 Å². The van der Waals surface area contributed by atoms with Gasteiger partial charge < -0.3 is 14.4 Å². The van der Waals surface area contributed by atoms with Crippen molar-refractivity contribution in [2.24, 2.45) is 0 Å². The van der Waals surface area contributed by atoms with Gasteiger partial charge >= 0.3 is 5.97 Å². The summed E-state index contributed by atoms with van der Waals surface area (Å²) in [5.41, 5.74) is -1.59. The van der Waals surface area contributed by atoms with Gasteiger partial charge in [-0.05, 0) is 38.3 Å². The molecule has 1 fully saturated rings. The van der Waals surface area contributed by atoms with Crippen LogP contribution < -0.4 is 10.2 Å². The van der Waals surface area contributed by atoms with Gasteiger partial charge in [0, 0.05) is 25.1 Å². The van der Waals surface area contributed by atoms with Crippen molar-refractivity contribution in [2.75, 3.05) is 13.7 Å². The second-order valence-electron chi connectivity index (χ2n) is 9.97. The first kappa shape index (κ1) is 25.7. The van der Waals surface area contributed by atoms with Crippen LogP contribution in [0.3, 0.4) is 0 Å². The Hall–Kier alpha value is -3.92. The lowest BCUT2D eigenvalue weighted by molar-refractivity contribution is -0.155. The van der Waals surface area contributed by atoms with Crippen molar-refractivity contribution in [3.8, 4) is 5.75 Å². The van der Waals surface area contributed by atoms with Crippen LogP contribution in [0.15, 0.2) is 59.5 Å². The minimum atomic E-state index is -1.39. The zero-order valence-electron chi connectivity index (χ0n) is 21.2. The van der Waals surface area contributed by atoms with Crippen LogP contribution in [-0.2, 0) is 9.53 Å². The molecule has 1 amide bonds. The van der Waals surface area contributed by atoms with E-state index in [9.17, 15) is 18.8 Å². The molecule has 0 saturated carbocycles. The van der Waals surface area contributed by atoms with Crippen molar-refractivity contribution >= 4 is 11.9 Å². The van der Waals surface area contributed by atoms with Crippen LogP contribution in [-0.4, -0.2) is 51.9 Å². The molecular weight excluding hydrogens is 496 g/mol. The summed E-state index contributed by atoms with van der Waals surface area (Å²) in [4.78, 5) is 41.1. The Morgan fingerprint density at radius 3 is 2.55 bits per heavy atom. The molecule has 2 aliphatic heterocycles. The highest BCUT2D eigenvalue weighted by molar-refractivity contribution is 5.97. The molecule has 0 radical (unpaired) electrons. The Balaban J connectivity index is 1.76. The maximum Gasteiger partial charge on any atom is 0.343 e. The molecule has 8 nitrogen and oxygen atoms in total. The van der Waals surface area contributed by atoms with Gasteiger partial charge in [-0.3, -0.25) is 9.59 Å². The van der Waals surface area contributed by atoms with E-state index in [-0.39, 0.29) is 11.3 Å². The number of hydrogen-bond acceptors (Lipinski definition) is 6. The molecular formula is C28H27F2N3O5. The quantitative estimate of drug-likeness (QED) is 0.456. The molecule has 0 bridgehead atoms. The predicted octanol–water partition coefficient (Wildman–Crippen LogP) is 3.84. The van der Waals surface area contributed by atoms with E-state index in [1.54, 1.807) is 29.2 Å². The van der Waals surface area contributed by atoms with Crippen LogP contribution in [0.4, 0.5) is 8.78 Å². The summed E-state index contributed by atoms with van der Waals surface area (Å²) < 4.78 is 41.8. The zero-order valence-corrected chi connectivity index (χ0v) is 21.2. The third kappa shape index (κ3) is 4.18. The van der Waals surface area contributed by atoms with E-state index < -0.39 is 58.3 Å². The molecule has 5 rings (SSSR count). The number of aromatic nitrogens is 2. The first-order valence-corrected chi connectivity index (χ1v) is 12.3. The molecule has 2 aliphatic rings. The first-order chi connectivity index (χ1) is 18.2. The van der Waals surface area contributed by atoms with Crippen LogP contribution in [0.2, 0.25) is 0 Å². The molecule has 0 spiro atoms. The molecule has 38 heavy (non-hydrogen) atoms. The molecule has 0 unspecified atom stereocenters. The maximum absolute atomic E-state index is 15.4. The van der Waals surface area contributed by atoms with Crippen LogP contribution in [0, 0.1) is 11.6 Å². The van der Waals surface area contributed by atoms with E-state index >= 15 is 4.39 Å². The topological polar surface area (TPSA) is 90.7 Å². The lowest BCUT2D eigenvalue weighted by Gasteiger charge is -2.42. The van der Waals surface area contributed by atoms with E-state index in [4.69, 9.17) is 9.47 Å². The molecule has 2 aromatic carbocycles. The number of carbonyl (C=O) groups is 2. The third-order valence-corrected chi connectivity index (χ3v) is 7.42. The van der Waals surface area contributed by atoms with Gasteiger partial charge in [0.25, 0.3) is 5.91 Å². The van der Waals surface area contributed by atoms with Crippen LogP contribution in [0.25, 0.3) is 0 Å². The van der Waals surface area contributed by atoms with Gasteiger partial charge in [0.05, 0.1) is 18.3 Å². The normalized spacial score (nSPS) is 19.6. The van der Waals surface area contributed by atoms with Gasteiger partial charge in [-0.1, -0.05) is 42.5 Å². The molecule has 0 N–H and O–H groups in total. The van der Waals surface area contributed by atoms with E-state index in [0.29, 0.717) is 24.9 Å². The first-order valence-electron chi connectivity index (χ1n) is 12.3. The van der Waals surface area contributed by atoms with Gasteiger partial charge in [-0.2, -0.15) is 5.10 Å². The average Bonchev–Trinajstić information content (AvgIpc) is 3.40. The summed E-state index contributed by atoms with van der Waals surface area (Å²) >= 11 is 0. The SMILES string of the molecule is COC(C)(C)C(=O)Oc1c2n(ncc1=O)[C@@H]([C@H](c1ccccc1)c1cccc(F)c1F)[C@H]1CCCN1C2=O. The number of benzene rings is 2. The largest absolute Gasteiger partial charge is 0.418 e. The number of halogens is 2.